The van der Waals surface area contributed by atoms with Crippen molar-refractivity contribution in [3.8, 4) is 11.5 Å². The molecule has 0 saturated heterocycles. The van der Waals surface area contributed by atoms with E-state index in [0.717, 1.165) is 6.07 Å². The molecule has 1 amide bonds. The van der Waals surface area contributed by atoms with Crippen LogP contribution >= 0.6 is 0 Å². The maximum absolute atomic E-state index is 14.7. The molecule has 0 aromatic heterocycles. The molecule has 3 aromatic rings. The van der Waals surface area contributed by atoms with Gasteiger partial charge in [-0.05, 0) is 31.5 Å². The van der Waals surface area contributed by atoms with Gasteiger partial charge in [0.05, 0.1) is 5.56 Å². The van der Waals surface area contributed by atoms with Gasteiger partial charge in [0.1, 0.15) is 36.1 Å². The molecule has 0 bridgehead atoms. The predicted molar refractivity (Wildman–Crippen MR) is 115 cm³/mol. The van der Waals surface area contributed by atoms with Crippen LogP contribution in [0.15, 0.2) is 60.7 Å². The van der Waals surface area contributed by atoms with Crippen LogP contribution in [0.1, 0.15) is 30.6 Å². The molecular weight excluding hydrogens is 401 g/mol. The molecular formula is C24H24FNO5. The molecule has 6 nitrogen and oxygen atoms in total. The molecule has 0 aliphatic heterocycles. The van der Waals surface area contributed by atoms with Crippen molar-refractivity contribution < 1.29 is 28.6 Å². The summed E-state index contributed by atoms with van der Waals surface area (Å²) in [4.78, 5) is 24.5. The van der Waals surface area contributed by atoms with E-state index in [1.54, 1.807) is 31.2 Å². The molecule has 162 valence electrons. The van der Waals surface area contributed by atoms with Gasteiger partial charge in [-0.15, -0.1) is 0 Å². The van der Waals surface area contributed by atoms with Gasteiger partial charge >= 0.3 is 5.97 Å². The molecule has 3 rings (SSSR count). The standard InChI is InChI=1S/C24H24FNO5/c1-3-24(2,23(28)29)26-22(27)19-15-20(25)17-11-7-8-12-18(17)21(19)31-14-13-30-16-9-5-4-6-10-16/h4-12,15H,3,13-14H2,1-2H3,(H,26,27)(H,28,29). The number of nitrogens with one attached hydrogen (secondary N) is 1. The minimum atomic E-state index is -1.49. The fourth-order valence-electron chi connectivity index (χ4n) is 3.06. The normalized spacial score (nSPS) is 12.7. The second-order valence-electron chi connectivity index (χ2n) is 7.24. The first kappa shape index (κ1) is 22.1. The molecule has 7 heteroatoms. The summed E-state index contributed by atoms with van der Waals surface area (Å²) in [5, 5.41) is 12.7. The van der Waals surface area contributed by atoms with Gasteiger partial charge in [0.15, 0.2) is 0 Å². The monoisotopic (exact) mass is 425 g/mol. The number of carboxylic acid groups (broad SMARTS) is 1. The summed E-state index contributed by atoms with van der Waals surface area (Å²) >= 11 is 0. The number of fused-ring (bicyclic) bond motifs is 1. The van der Waals surface area contributed by atoms with Crippen LogP contribution in [0.3, 0.4) is 0 Å². The van der Waals surface area contributed by atoms with Crippen LogP contribution in [0.4, 0.5) is 4.39 Å². The molecule has 1 atom stereocenters. The highest BCUT2D eigenvalue weighted by Crippen LogP contribution is 2.32. The van der Waals surface area contributed by atoms with Crippen molar-refractivity contribution in [1.29, 1.82) is 0 Å². The van der Waals surface area contributed by atoms with Crippen LogP contribution in [0.25, 0.3) is 10.8 Å². The maximum Gasteiger partial charge on any atom is 0.329 e. The van der Waals surface area contributed by atoms with E-state index in [4.69, 9.17) is 9.47 Å². The molecule has 1 unspecified atom stereocenters. The highest BCUT2D eigenvalue weighted by Gasteiger charge is 2.34. The largest absolute Gasteiger partial charge is 0.490 e. The highest BCUT2D eigenvalue weighted by atomic mass is 19.1. The number of amides is 1. The fraction of sp³-hybridized carbons (Fsp3) is 0.250. The van der Waals surface area contributed by atoms with Crippen molar-refractivity contribution in [3.05, 3.63) is 72.0 Å². The van der Waals surface area contributed by atoms with E-state index in [1.165, 1.54) is 6.92 Å². The number of ether oxygens (including phenoxy) is 2. The Bertz CT molecular complexity index is 1090. The number of hydrogen-bond acceptors (Lipinski definition) is 4. The number of para-hydroxylation sites is 1. The first-order valence-corrected chi connectivity index (χ1v) is 9.93. The number of aliphatic carboxylic acids is 1. The molecule has 0 aliphatic rings. The van der Waals surface area contributed by atoms with Gasteiger partial charge in [-0.1, -0.05) is 49.4 Å². The van der Waals surface area contributed by atoms with Crippen molar-refractivity contribution in [2.75, 3.05) is 13.2 Å². The van der Waals surface area contributed by atoms with E-state index in [1.807, 2.05) is 30.3 Å². The third-order valence-corrected chi connectivity index (χ3v) is 5.10. The number of carboxylic acids is 1. The quantitative estimate of drug-likeness (QED) is 0.496. The summed E-state index contributed by atoms with van der Waals surface area (Å²) in [6.07, 6.45) is 0.158. The predicted octanol–water partition coefficient (Wildman–Crippen LogP) is 4.42. The third kappa shape index (κ3) is 4.94. The van der Waals surface area contributed by atoms with Crippen molar-refractivity contribution in [1.82, 2.24) is 5.32 Å². The van der Waals surface area contributed by atoms with Crippen molar-refractivity contribution in [2.45, 2.75) is 25.8 Å². The topological polar surface area (TPSA) is 84.9 Å². The average Bonchev–Trinajstić information content (AvgIpc) is 2.78. The van der Waals surface area contributed by atoms with Gasteiger partial charge in [0.2, 0.25) is 0 Å². The summed E-state index contributed by atoms with van der Waals surface area (Å²) in [5.41, 5.74) is -1.57. The first-order valence-electron chi connectivity index (χ1n) is 9.93. The molecule has 0 saturated carbocycles. The fourth-order valence-corrected chi connectivity index (χ4v) is 3.06. The summed E-state index contributed by atoms with van der Waals surface area (Å²) in [6.45, 7) is 3.36. The Hall–Kier alpha value is -3.61. The molecule has 0 radical (unpaired) electrons. The Morgan fingerprint density at radius 2 is 1.61 bits per heavy atom. The number of rotatable bonds is 9. The number of carbonyl (C=O) groups excluding carboxylic acids is 1. The van der Waals surface area contributed by atoms with Gasteiger partial charge in [0.25, 0.3) is 5.91 Å². The zero-order valence-electron chi connectivity index (χ0n) is 17.4. The second-order valence-corrected chi connectivity index (χ2v) is 7.24. The van der Waals surface area contributed by atoms with Gasteiger partial charge < -0.3 is 19.9 Å². The zero-order chi connectivity index (χ0) is 22.4. The maximum atomic E-state index is 14.7. The van der Waals surface area contributed by atoms with Crippen LogP contribution in [-0.2, 0) is 4.79 Å². The average molecular weight is 425 g/mol. The summed E-state index contributed by atoms with van der Waals surface area (Å²) < 4.78 is 26.2. The van der Waals surface area contributed by atoms with E-state index in [-0.39, 0.29) is 30.9 Å². The summed E-state index contributed by atoms with van der Waals surface area (Å²) in [5.74, 6) is -1.65. The Morgan fingerprint density at radius 3 is 2.26 bits per heavy atom. The molecule has 0 aliphatic carbocycles. The molecule has 3 aromatic carbocycles. The third-order valence-electron chi connectivity index (χ3n) is 5.10. The minimum Gasteiger partial charge on any atom is -0.490 e. The van der Waals surface area contributed by atoms with E-state index in [0.29, 0.717) is 16.5 Å². The Kier molecular flexibility index (Phi) is 6.74. The minimum absolute atomic E-state index is 0.0724. The van der Waals surface area contributed by atoms with Crippen LogP contribution in [0.5, 0.6) is 11.5 Å². The molecule has 0 heterocycles. The Balaban J connectivity index is 1.89. The van der Waals surface area contributed by atoms with Crippen molar-refractivity contribution in [2.24, 2.45) is 0 Å². The van der Waals surface area contributed by atoms with Crippen LogP contribution < -0.4 is 14.8 Å². The molecule has 2 N–H and O–H groups in total. The Morgan fingerprint density at radius 1 is 1.00 bits per heavy atom. The zero-order valence-corrected chi connectivity index (χ0v) is 17.4. The smallest absolute Gasteiger partial charge is 0.329 e. The van der Waals surface area contributed by atoms with Crippen LogP contribution in [0.2, 0.25) is 0 Å². The van der Waals surface area contributed by atoms with E-state index in [9.17, 15) is 19.1 Å². The molecule has 0 spiro atoms. The second kappa shape index (κ2) is 9.47. The van der Waals surface area contributed by atoms with E-state index >= 15 is 0 Å². The van der Waals surface area contributed by atoms with Crippen molar-refractivity contribution >= 4 is 22.6 Å². The summed E-state index contributed by atoms with van der Waals surface area (Å²) in [7, 11) is 0. The number of benzene rings is 3. The highest BCUT2D eigenvalue weighted by molar-refractivity contribution is 6.05. The lowest BCUT2D eigenvalue weighted by atomic mass is 9.97. The lowest BCUT2D eigenvalue weighted by molar-refractivity contribution is -0.143. The molecule has 0 fully saturated rings. The van der Waals surface area contributed by atoms with Crippen LogP contribution in [0, 0.1) is 5.82 Å². The number of carbonyl (C=O) groups is 2. The molecule has 31 heavy (non-hydrogen) atoms. The lowest BCUT2D eigenvalue weighted by Crippen LogP contribution is -2.51. The van der Waals surface area contributed by atoms with Gasteiger partial charge in [-0.25, -0.2) is 9.18 Å². The van der Waals surface area contributed by atoms with Crippen molar-refractivity contribution in [3.63, 3.8) is 0 Å². The van der Waals surface area contributed by atoms with E-state index in [2.05, 4.69) is 5.32 Å². The number of hydrogen-bond donors (Lipinski definition) is 2. The van der Waals surface area contributed by atoms with Gasteiger partial charge in [-0.3, -0.25) is 4.79 Å². The van der Waals surface area contributed by atoms with Crippen LogP contribution in [-0.4, -0.2) is 35.7 Å². The Labute approximate surface area is 179 Å². The summed E-state index contributed by atoms with van der Waals surface area (Å²) in [6, 6.07) is 16.9. The first-order chi connectivity index (χ1) is 14.9. The van der Waals surface area contributed by atoms with Gasteiger partial charge in [0, 0.05) is 10.8 Å². The van der Waals surface area contributed by atoms with E-state index < -0.39 is 23.2 Å². The SMILES string of the molecule is CCC(C)(NC(=O)c1cc(F)c2ccccc2c1OCCOc1ccccc1)C(=O)O. The van der Waals surface area contributed by atoms with Gasteiger partial charge in [-0.2, -0.15) is 0 Å². The number of halogens is 1. The lowest BCUT2D eigenvalue weighted by Gasteiger charge is -2.25.